The summed E-state index contributed by atoms with van der Waals surface area (Å²) >= 11 is 0. The number of hydrogen-bond acceptors (Lipinski definition) is 7. The Morgan fingerprint density at radius 2 is 2.24 bits per heavy atom. The molecular formula is C13H22N6O2. The SMILES string of the molecule is CCCNc1ncnc(NC2CCCN(C)C2)c1[N+](=O)[O-]. The van der Waals surface area contributed by atoms with Crippen LogP contribution in [0.1, 0.15) is 26.2 Å². The van der Waals surface area contributed by atoms with Crippen LogP contribution in [0.4, 0.5) is 17.3 Å². The lowest BCUT2D eigenvalue weighted by molar-refractivity contribution is -0.383. The maximum absolute atomic E-state index is 11.3. The molecule has 0 aliphatic carbocycles. The molecule has 21 heavy (non-hydrogen) atoms. The summed E-state index contributed by atoms with van der Waals surface area (Å²) in [6, 6.07) is 0.177. The number of hydrogen-bond donors (Lipinski definition) is 2. The van der Waals surface area contributed by atoms with Crippen molar-refractivity contribution in [2.24, 2.45) is 0 Å². The molecule has 1 aromatic rings. The third kappa shape index (κ3) is 4.01. The summed E-state index contributed by atoms with van der Waals surface area (Å²) in [4.78, 5) is 21.2. The molecule has 116 valence electrons. The first kappa shape index (κ1) is 15.4. The van der Waals surface area contributed by atoms with Crippen LogP contribution in [-0.2, 0) is 0 Å². The molecular weight excluding hydrogens is 272 g/mol. The molecule has 0 saturated carbocycles. The maximum atomic E-state index is 11.3. The van der Waals surface area contributed by atoms with Crippen molar-refractivity contribution in [1.29, 1.82) is 0 Å². The van der Waals surface area contributed by atoms with Gasteiger partial charge in [-0.15, -0.1) is 0 Å². The second-order valence-corrected chi connectivity index (χ2v) is 5.35. The van der Waals surface area contributed by atoms with Gasteiger partial charge in [0.1, 0.15) is 6.33 Å². The van der Waals surface area contributed by atoms with Crippen LogP contribution >= 0.6 is 0 Å². The van der Waals surface area contributed by atoms with E-state index in [-0.39, 0.29) is 17.5 Å². The molecule has 1 aliphatic rings. The number of nitro groups is 1. The van der Waals surface area contributed by atoms with Crippen molar-refractivity contribution in [3.05, 3.63) is 16.4 Å². The van der Waals surface area contributed by atoms with E-state index in [1.165, 1.54) is 6.33 Å². The molecule has 8 nitrogen and oxygen atoms in total. The molecule has 2 N–H and O–H groups in total. The number of likely N-dealkylation sites (tertiary alicyclic amines) is 1. The van der Waals surface area contributed by atoms with Crippen molar-refractivity contribution in [2.45, 2.75) is 32.2 Å². The van der Waals surface area contributed by atoms with Gasteiger partial charge in [0.25, 0.3) is 0 Å². The average Bonchev–Trinajstić information content (AvgIpc) is 2.45. The Kier molecular flexibility index (Phi) is 5.26. The van der Waals surface area contributed by atoms with Crippen LogP contribution in [0.5, 0.6) is 0 Å². The normalized spacial score (nSPS) is 19.2. The second kappa shape index (κ2) is 7.16. The predicted octanol–water partition coefficient (Wildman–Crippen LogP) is 1.71. The highest BCUT2D eigenvalue weighted by Crippen LogP contribution is 2.30. The molecule has 1 aliphatic heterocycles. The molecule has 0 bridgehead atoms. The van der Waals surface area contributed by atoms with E-state index in [2.05, 4.69) is 32.5 Å². The monoisotopic (exact) mass is 294 g/mol. The third-order valence-corrected chi connectivity index (χ3v) is 3.51. The highest BCUT2D eigenvalue weighted by atomic mass is 16.6. The predicted molar refractivity (Wildman–Crippen MR) is 81.6 cm³/mol. The highest BCUT2D eigenvalue weighted by molar-refractivity contribution is 5.69. The summed E-state index contributed by atoms with van der Waals surface area (Å²) < 4.78 is 0. The third-order valence-electron chi connectivity index (χ3n) is 3.51. The van der Waals surface area contributed by atoms with Crippen LogP contribution in [0, 0.1) is 10.1 Å². The Balaban J connectivity index is 2.19. The lowest BCUT2D eigenvalue weighted by Crippen LogP contribution is -2.40. The molecule has 0 aromatic carbocycles. The van der Waals surface area contributed by atoms with Crippen molar-refractivity contribution >= 4 is 17.3 Å². The number of rotatable bonds is 6. The number of anilines is 2. The van der Waals surface area contributed by atoms with E-state index in [1.54, 1.807) is 0 Å². The smallest absolute Gasteiger partial charge is 0.353 e. The fourth-order valence-electron chi connectivity index (χ4n) is 2.51. The van der Waals surface area contributed by atoms with Crippen LogP contribution < -0.4 is 10.6 Å². The number of piperidine rings is 1. The van der Waals surface area contributed by atoms with Gasteiger partial charge in [-0.2, -0.15) is 0 Å². The number of nitrogens with zero attached hydrogens (tertiary/aromatic N) is 4. The van der Waals surface area contributed by atoms with E-state index in [0.717, 1.165) is 32.4 Å². The largest absolute Gasteiger partial charge is 0.364 e. The van der Waals surface area contributed by atoms with E-state index in [4.69, 9.17) is 0 Å². The number of aromatic nitrogens is 2. The van der Waals surface area contributed by atoms with Gasteiger partial charge in [-0.05, 0) is 32.9 Å². The van der Waals surface area contributed by atoms with Gasteiger partial charge in [0, 0.05) is 19.1 Å². The van der Waals surface area contributed by atoms with Crippen molar-refractivity contribution < 1.29 is 4.92 Å². The van der Waals surface area contributed by atoms with Crippen molar-refractivity contribution in [3.63, 3.8) is 0 Å². The molecule has 8 heteroatoms. The Morgan fingerprint density at radius 3 is 2.90 bits per heavy atom. The van der Waals surface area contributed by atoms with Crippen LogP contribution in [0.15, 0.2) is 6.33 Å². The summed E-state index contributed by atoms with van der Waals surface area (Å²) in [5, 5.41) is 17.5. The van der Waals surface area contributed by atoms with Gasteiger partial charge in [-0.3, -0.25) is 10.1 Å². The number of likely N-dealkylation sites (N-methyl/N-ethyl adjacent to an activating group) is 1. The van der Waals surface area contributed by atoms with E-state index >= 15 is 0 Å². The Bertz CT molecular complexity index is 496. The van der Waals surface area contributed by atoms with Gasteiger partial charge in [-0.25, -0.2) is 9.97 Å². The average molecular weight is 294 g/mol. The molecule has 0 amide bonds. The fraction of sp³-hybridized carbons (Fsp3) is 0.692. The lowest BCUT2D eigenvalue weighted by Gasteiger charge is -2.30. The quantitative estimate of drug-likeness (QED) is 0.609. The standard InChI is InChI=1S/C13H22N6O2/c1-3-6-14-12-11(19(20)21)13(16-9-15-12)17-10-5-4-7-18(2)8-10/h9-10H,3-8H2,1-2H3,(H2,14,15,16,17). The summed E-state index contributed by atoms with van der Waals surface area (Å²) in [6.45, 7) is 4.56. The molecule has 1 fully saturated rings. The summed E-state index contributed by atoms with van der Waals surface area (Å²) in [5.74, 6) is 0.581. The fourth-order valence-corrected chi connectivity index (χ4v) is 2.51. The van der Waals surface area contributed by atoms with Gasteiger partial charge in [-0.1, -0.05) is 6.92 Å². The first-order valence-electron chi connectivity index (χ1n) is 7.30. The zero-order chi connectivity index (χ0) is 15.2. The first-order chi connectivity index (χ1) is 10.1. The minimum absolute atomic E-state index is 0.0702. The number of nitrogens with one attached hydrogen (secondary N) is 2. The molecule has 2 rings (SSSR count). The lowest BCUT2D eigenvalue weighted by atomic mass is 10.1. The topological polar surface area (TPSA) is 96.2 Å². The van der Waals surface area contributed by atoms with Crippen LogP contribution in [-0.4, -0.2) is 52.5 Å². The van der Waals surface area contributed by atoms with Gasteiger partial charge >= 0.3 is 5.69 Å². The Morgan fingerprint density at radius 1 is 1.48 bits per heavy atom. The molecule has 1 aromatic heterocycles. The van der Waals surface area contributed by atoms with E-state index in [9.17, 15) is 10.1 Å². The molecule has 2 heterocycles. The summed E-state index contributed by atoms with van der Waals surface area (Å²) in [7, 11) is 2.05. The second-order valence-electron chi connectivity index (χ2n) is 5.35. The van der Waals surface area contributed by atoms with Gasteiger partial charge in [0.15, 0.2) is 0 Å². The molecule has 1 atom stereocenters. The van der Waals surface area contributed by atoms with Gasteiger partial charge in [0.05, 0.1) is 4.92 Å². The Labute approximate surface area is 124 Å². The Hall–Kier alpha value is -1.96. The van der Waals surface area contributed by atoms with Crippen molar-refractivity contribution in [1.82, 2.24) is 14.9 Å². The molecule has 0 radical (unpaired) electrons. The van der Waals surface area contributed by atoms with E-state index in [1.807, 2.05) is 6.92 Å². The molecule has 0 spiro atoms. The van der Waals surface area contributed by atoms with Gasteiger partial charge < -0.3 is 15.5 Å². The summed E-state index contributed by atoms with van der Waals surface area (Å²) in [6.07, 6.45) is 4.30. The van der Waals surface area contributed by atoms with E-state index < -0.39 is 4.92 Å². The highest BCUT2D eigenvalue weighted by Gasteiger charge is 2.26. The minimum Gasteiger partial charge on any atom is -0.364 e. The van der Waals surface area contributed by atoms with Crippen LogP contribution in [0.25, 0.3) is 0 Å². The summed E-state index contributed by atoms with van der Waals surface area (Å²) in [5.41, 5.74) is -0.0702. The molecule has 1 saturated heterocycles. The minimum atomic E-state index is -0.424. The van der Waals surface area contributed by atoms with Gasteiger partial charge in [0.2, 0.25) is 11.6 Å². The zero-order valence-corrected chi connectivity index (χ0v) is 12.5. The van der Waals surface area contributed by atoms with Crippen LogP contribution in [0.2, 0.25) is 0 Å². The van der Waals surface area contributed by atoms with Crippen molar-refractivity contribution in [3.8, 4) is 0 Å². The zero-order valence-electron chi connectivity index (χ0n) is 12.5. The van der Waals surface area contributed by atoms with Crippen molar-refractivity contribution in [2.75, 3.05) is 37.3 Å². The first-order valence-corrected chi connectivity index (χ1v) is 7.30. The van der Waals surface area contributed by atoms with Crippen LogP contribution in [0.3, 0.4) is 0 Å². The van der Waals surface area contributed by atoms with E-state index in [0.29, 0.717) is 12.4 Å². The molecule has 1 unspecified atom stereocenters. The maximum Gasteiger partial charge on any atom is 0.353 e.